The van der Waals surface area contributed by atoms with E-state index in [9.17, 15) is 9.59 Å². The summed E-state index contributed by atoms with van der Waals surface area (Å²) in [7, 11) is 0. The third-order valence-corrected chi connectivity index (χ3v) is 3.83. The molecule has 1 aromatic rings. The highest BCUT2D eigenvalue weighted by Crippen LogP contribution is 2.32. The largest absolute Gasteiger partial charge is 0.478 e. The van der Waals surface area contributed by atoms with E-state index in [2.05, 4.69) is 0 Å². The fourth-order valence-electron chi connectivity index (χ4n) is 2.75. The van der Waals surface area contributed by atoms with Gasteiger partial charge in [-0.2, -0.15) is 0 Å². The molecule has 1 fully saturated rings. The second-order valence-electron chi connectivity index (χ2n) is 6.84. The third kappa shape index (κ3) is 3.78. The fraction of sp³-hybridized carbons (Fsp3) is 0.529. The Hall–Kier alpha value is -2.04. The maximum absolute atomic E-state index is 12.2. The maximum Gasteiger partial charge on any atom is 0.410 e. The summed E-state index contributed by atoms with van der Waals surface area (Å²) >= 11 is 0. The van der Waals surface area contributed by atoms with E-state index >= 15 is 0 Å². The highest BCUT2D eigenvalue weighted by atomic mass is 16.6. The lowest BCUT2D eigenvalue weighted by Crippen LogP contribution is -2.38. The van der Waals surface area contributed by atoms with Crippen LogP contribution >= 0.6 is 0 Å². The number of carboxylic acids is 1. The summed E-state index contributed by atoms with van der Waals surface area (Å²) in [6.45, 7) is 8.17. The van der Waals surface area contributed by atoms with Crippen LogP contribution in [-0.4, -0.2) is 40.3 Å². The predicted molar refractivity (Wildman–Crippen MR) is 83.2 cm³/mol. The molecule has 0 aliphatic carbocycles. The highest BCUT2D eigenvalue weighted by molar-refractivity contribution is 5.87. The van der Waals surface area contributed by atoms with Crippen LogP contribution in [-0.2, 0) is 4.74 Å². The number of hydrogen-bond donors (Lipinski definition) is 1. The van der Waals surface area contributed by atoms with Gasteiger partial charge < -0.3 is 14.7 Å². The number of carbonyl (C=O) groups excluding carboxylic acids is 1. The van der Waals surface area contributed by atoms with E-state index in [-0.39, 0.29) is 23.6 Å². The number of nitrogens with zero attached hydrogens (tertiary/aromatic N) is 1. The Morgan fingerprint density at radius 3 is 2.32 bits per heavy atom. The average molecular weight is 305 g/mol. The van der Waals surface area contributed by atoms with E-state index in [1.165, 1.54) is 0 Å². The van der Waals surface area contributed by atoms with E-state index in [1.54, 1.807) is 17.0 Å². The molecule has 0 spiro atoms. The first kappa shape index (κ1) is 16.3. The molecular formula is C17H23NO4. The molecule has 2 rings (SSSR count). The summed E-state index contributed by atoms with van der Waals surface area (Å²) in [6, 6.07) is 6.99. The number of carbonyl (C=O) groups is 2. The van der Waals surface area contributed by atoms with Crippen LogP contribution in [0.15, 0.2) is 24.3 Å². The summed E-state index contributed by atoms with van der Waals surface area (Å²) in [6.07, 6.45) is 0.565. The topological polar surface area (TPSA) is 66.8 Å². The minimum atomic E-state index is -0.929. The molecule has 0 radical (unpaired) electrons. The zero-order valence-corrected chi connectivity index (χ0v) is 13.5. The maximum atomic E-state index is 12.2. The first-order valence-electron chi connectivity index (χ1n) is 7.50. The van der Waals surface area contributed by atoms with Gasteiger partial charge in [-0.25, -0.2) is 9.59 Å². The van der Waals surface area contributed by atoms with Crippen molar-refractivity contribution in [2.24, 2.45) is 0 Å². The molecular weight excluding hydrogens is 282 g/mol. The molecule has 2 unspecified atom stereocenters. The molecule has 0 saturated carbocycles. The van der Waals surface area contributed by atoms with Gasteiger partial charge in [-0.15, -0.1) is 0 Å². The molecule has 22 heavy (non-hydrogen) atoms. The minimum Gasteiger partial charge on any atom is -0.478 e. The van der Waals surface area contributed by atoms with E-state index in [0.29, 0.717) is 6.54 Å². The zero-order valence-electron chi connectivity index (χ0n) is 13.5. The number of amides is 1. The number of rotatable bonds is 2. The first-order valence-corrected chi connectivity index (χ1v) is 7.50. The standard InChI is InChI=1S/C17H23NO4/c1-11-9-14(10-18(11)16(21)22-17(2,3)4)12-5-7-13(8-6-12)15(19)20/h5-8,11,14H,9-10H2,1-4H3,(H,19,20). The lowest BCUT2D eigenvalue weighted by molar-refractivity contribution is 0.0237. The highest BCUT2D eigenvalue weighted by Gasteiger charge is 2.35. The molecule has 0 bridgehead atoms. The molecule has 1 heterocycles. The van der Waals surface area contributed by atoms with E-state index in [0.717, 1.165) is 12.0 Å². The van der Waals surface area contributed by atoms with Crippen molar-refractivity contribution >= 4 is 12.1 Å². The normalized spacial score (nSPS) is 21.7. The van der Waals surface area contributed by atoms with Gasteiger partial charge in [0.05, 0.1) is 5.56 Å². The van der Waals surface area contributed by atoms with Crippen molar-refractivity contribution in [3.05, 3.63) is 35.4 Å². The number of benzene rings is 1. The van der Waals surface area contributed by atoms with Gasteiger partial charge >= 0.3 is 12.1 Å². The first-order chi connectivity index (χ1) is 10.2. The van der Waals surface area contributed by atoms with Crippen molar-refractivity contribution in [2.75, 3.05) is 6.54 Å². The van der Waals surface area contributed by atoms with Gasteiger partial charge in [0.2, 0.25) is 0 Å². The third-order valence-electron chi connectivity index (χ3n) is 3.83. The Labute approximate surface area is 130 Å². The van der Waals surface area contributed by atoms with Gasteiger partial charge in [0, 0.05) is 18.5 Å². The van der Waals surface area contributed by atoms with Crippen LogP contribution in [0.3, 0.4) is 0 Å². The SMILES string of the molecule is CC1CC(c2ccc(C(=O)O)cc2)CN1C(=O)OC(C)(C)C. The van der Waals surface area contributed by atoms with Crippen LogP contribution in [0.5, 0.6) is 0 Å². The van der Waals surface area contributed by atoms with Crippen LogP contribution < -0.4 is 0 Å². The second kappa shape index (κ2) is 5.99. The molecule has 1 aromatic carbocycles. The molecule has 120 valence electrons. The van der Waals surface area contributed by atoms with Gasteiger partial charge in [0.15, 0.2) is 0 Å². The number of carboxylic acid groups (broad SMARTS) is 1. The number of hydrogen-bond acceptors (Lipinski definition) is 3. The smallest absolute Gasteiger partial charge is 0.410 e. The van der Waals surface area contributed by atoms with Crippen LogP contribution in [0.25, 0.3) is 0 Å². The summed E-state index contributed by atoms with van der Waals surface area (Å²) in [4.78, 5) is 24.9. The fourth-order valence-corrected chi connectivity index (χ4v) is 2.75. The van der Waals surface area contributed by atoms with Gasteiger partial charge in [-0.1, -0.05) is 12.1 Å². The van der Waals surface area contributed by atoms with Crippen LogP contribution in [0.2, 0.25) is 0 Å². The van der Waals surface area contributed by atoms with Crippen molar-refractivity contribution in [3.8, 4) is 0 Å². The molecule has 0 aromatic heterocycles. The van der Waals surface area contributed by atoms with E-state index < -0.39 is 11.6 Å². The monoisotopic (exact) mass is 305 g/mol. The Kier molecular flexibility index (Phi) is 4.44. The van der Waals surface area contributed by atoms with Crippen molar-refractivity contribution in [1.82, 2.24) is 4.90 Å². The molecule has 1 N–H and O–H groups in total. The van der Waals surface area contributed by atoms with Gasteiger partial charge in [-0.05, 0) is 51.8 Å². The van der Waals surface area contributed by atoms with E-state index in [1.807, 2.05) is 39.8 Å². The summed E-state index contributed by atoms with van der Waals surface area (Å²) in [5.74, 6) is -0.716. The second-order valence-corrected chi connectivity index (χ2v) is 6.84. The molecule has 1 amide bonds. The summed E-state index contributed by atoms with van der Waals surface area (Å²) in [5, 5.41) is 8.94. The van der Waals surface area contributed by atoms with Crippen LogP contribution in [0.4, 0.5) is 4.79 Å². The molecule has 1 saturated heterocycles. The molecule has 5 heteroatoms. The number of likely N-dealkylation sites (tertiary alicyclic amines) is 1. The van der Waals surface area contributed by atoms with Crippen LogP contribution in [0, 0.1) is 0 Å². The lowest BCUT2D eigenvalue weighted by Gasteiger charge is -2.27. The van der Waals surface area contributed by atoms with Gasteiger partial charge in [-0.3, -0.25) is 0 Å². The van der Waals surface area contributed by atoms with Gasteiger partial charge in [0.25, 0.3) is 0 Å². The van der Waals surface area contributed by atoms with Crippen molar-refractivity contribution in [1.29, 1.82) is 0 Å². The van der Waals surface area contributed by atoms with Gasteiger partial charge in [0.1, 0.15) is 5.60 Å². The zero-order chi connectivity index (χ0) is 16.5. The minimum absolute atomic E-state index is 0.110. The average Bonchev–Trinajstić information content (AvgIpc) is 2.79. The quantitative estimate of drug-likeness (QED) is 0.908. The molecule has 1 aliphatic heterocycles. The number of aromatic carboxylic acids is 1. The summed E-state index contributed by atoms with van der Waals surface area (Å²) in [5.41, 5.74) is 0.833. The van der Waals surface area contributed by atoms with Crippen molar-refractivity contribution in [3.63, 3.8) is 0 Å². The Morgan fingerprint density at radius 1 is 1.23 bits per heavy atom. The van der Waals surface area contributed by atoms with Crippen molar-refractivity contribution < 1.29 is 19.4 Å². The van der Waals surface area contributed by atoms with Crippen LogP contribution in [0.1, 0.15) is 56.0 Å². The lowest BCUT2D eigenvalue weighted by atomic mass is 9.96. The predicted octanol–water partition coefficient (Wildman–Crippen LogP) is 3.50. The Balaban J connectivity index is 2.07. The van der Waals surface area contributed by atoms with Crippen molar-refractivity contribution in [2.45, 2.75) is 51.7 Å². The Bertz CT molecular complexity index is 559. The molecule has 2 atom stereocenters. The molecule has 1 aliphatic rings. The van der Waals surface area contributed by atoms with E-state index in [4.69, 9.17) is 9.84 Å². The Morgan fingerprint density at radius 2 is 1.82 bits per heavy atom. The molecule has 5 nitrogen and oxygen atoms in total. The number of ether oxygens (including phenoxy) is 1. The summed E-state index contributed by atoms with van der Waals surface area (Å²) < 4.78 is 5.44.